The fourth-order valence-corrected chi connectivity index (χ4v) is 7.63. The van der Waals surface area contributed by atoms with E-state index in [1.807, 2.05) is 33.2 Å². The Bertz CT molecular complexity index is 2050. The predicted octanol–water partition coefficient (Wildman–Crippen LogP) is 6.37. The maximum Gasteiger partial charge on any atom is 0.478 e. The normalized spacial score (nSPS) is 16.8. The Hall–Kier alpha value is -4.56. The fourth-order valence-electron chi connectivity index (χ4n) is 5.17. The number of hydrogen-bond acceptors (Lipinski definition) is 10. The largest absolute Gasteiger partial charge is 0.478 e. The summed E-state index contributed by atoms with van der Waals surface area (Å²) in [6, 6.07) is 19.1. The van der Waals surface area contributed by atoms with E-state index in [9.17, 15) is 44.3 Å². The summed E-state index contributed by atoms with van der Waals surface area (Å²) in [6.45, 7) is 7.47. The number of cyclic esters (lactones) is 2. The zero-order valence-electron chi connectivity index (χ0n) is 27.5. The zero-order valence-corrected chi connectivity index (χ0v) is 29.1. The highest BCUT2D eigenvalue weighted by Gasteiger charge is 2.81. The molecule has 9 nitrogen and oxygen atoms in total. The van der Waals surface area contributed by atoms with Crippen LogP contribution in [0.1, 0.15) is 38.2 Å². The molecule has 1 saturated heterocycles. The highest BCUT2D eigenvalue weighted by Crippen LogP contribution is 2.49. The molecule has 2 heterocycles. The van der Waals surface area contributed by atoms with Gasteiger partial charge < -0.3 is 14.4 Å². The highest BCUT2D eigenvalue weighted by atomic mass is 32.2. The Kier molecular flexibility index (Phi) is 11.2. The summed E-state index contributed by atoms with van der Waals surface area (Å²) in [6.07, 6.45) is -11.8. The number of rotatable bonds is 7. The van der Waals surface area contributed by atoms with Crippen LogP contribution in [0.4, 0.5) is 37.7 Å². The standard InChI is InChI=1S/C19H17F6NO6S.C15H14N2S/c1-3-11(8-10(2)9-26)12-4-6-13(7-5-12)33(29,30)14-15(27)31-17(18(20,21)22,19(23,24)25)32-16(14)28;1-10-4-6-12-14(8-10)18-15-9-11(17(2)3)5-7-13(15)16-12/h4-7,10-11,14H,3,8H2,1-2H3;4-9H,1H2,2-3H3. The van der Waals surface area contributed by atoms with Crippen LogP contribution in [0.5, 0.6) is 0 Å². The molecule has 5 rings (SSSR count). The van der Waals surface area contributed by atoms with Crippen LogP contribution in [-0.2, 0) is 28.9 Å². The third-order valence-corrected chi connectivity index (χ3v) is 11.0. The number of benzene rings is 3. The van der Waals surface area contributed by atoms with Gasteiger partial charge in [0.15, 0.2) is 0 Å². The molecule has 17 heteroatoms. The van der Waals surface area contributed by atoms with E-state index in [0.717, 1.165) is 28.4 Å². The summed E-state index contributed by atoms with van der Waals surface area (Å²) >= 11 is 1.77. The third kappa shape index (κ3) is 8.01. The number of halogens is 6. The topological polar surface area (TPSA) is 126 Å². The molecule has 51 heavy (non-hydrogen) atoms. The van der Waals surface area contributed by atoms with Gasteiger partial charge in [0.1, 0.15) is 0 Å². The molecule has 0 amide bonds. The SMILES string of the molecule is C=c1ccc2c(c1)Sc1cc(N(C)C)ccc1N=2.CCC(CC(C)C#N)c1ccc(S(=O)(=O)C2C(=O)OC(C(F)(F)F)(C(F)(F)F)OC2=O)cc1. The van der Waals surface area contributed by atoms with Crippen molar-refractivity contribution in [2.24, 2.45) is 10.9 Å². The molecule has 272 valence electrons. The quantitative estimate of drug-likeness (QED) is 0.120. The lowest BCUT2D eigenvalue weighted by Crippen LogP contribution is -2.68. The fraction of sp³-hybridized carbons (Fsp3) is 0.353. The molecule has 2 aliphatic rings. The summed E-state index contributed by atoms with van der Waals surface area (Å²) in [7, 11) is -1.01. The molecule has 1 fully saturated rings. The highest BCUT2D eigenvalue weighted by molar-refractivity contribution is 7.99. The number of alkyl halides is 6. The van der Waals surface area contributed by atoms with Gasteiger partial charge in [-0.25, -0.2) is 23.0 Å². The number of esters is 2. The van der Waals surface area contributed by atoms with E-state index in [2.05, 4.69) is 56.3 Å². The van der Waals surface area contributed by atoms with Gasteiger partial charge in [-0.1, -0.05) is 43.5 Å². The first kappa shape index (κ1) is 39.2. The molecule has 3 aromatic carbocycles. The van der Waals surface area contributed by atoms with Gasteiger partial charge in [0.25, 0.3) is 5.25 Å². The number of sulfone groups is 1. The van der Waals surface area contributed by atoms with E-state index in [0.29, 0.717) is 18.4 Å². The first-order chi connectivity index (χ1) is 23.6. The van der Waals surface area contributed by atoms with Gasteiger partial charge >= 0.3 is 30.1 Å². The minimum Gasteiger partial charge on any atom is -0.405 e. The van der Waals surface area contributed by atoms with Crippen molar-refractivity contribution >= 4 is 51.5 Å². The Labute approximate surface area is 293 Å². The molecule has 0 spiro atoms. The van der Waals surface area contributed by atoms with Crippen molar-refractivity contribution in [2.75, 3.05) is 19.0 Å². The van der Waals surface area contributed by atoms with E-state index in [1.165, 1.54) is 27.6 Å². The van der Waals surface area contributed by atoms with Crippen molar-refractivity contribution in [2.45, 2.75) is 70.7 Å². The smallest absolute Gasteiger partial charge is 0.405 e. The second kappa shape index (κ2) is 14.6. The minimum atomic E-state index is -6.41. The lowest BCUT2D eigenvalue weighted by molar-refractivity contribution is -0.448. The number of anilines is 1. The van der Waals surface area contributed by atoms with Crippen LogP contribution >= 0.6 is 11.8 Å². The van der Waals surface area contributed by atoms with Gasteiger partial charge in [0, 0.05) is 35.5 Å². The maximum atomic E-state index is 13.0. The first-order valence-electron chi connectivity index (χ1n) is 15.1. The van der Waals surface area contributed by atoms with Gasteiger partial charge in [-0.3, -0.25) is 0 Å². The third-order valence-electron chi connectivity index (χ3n) is 7.95. The number of ether oxygens (including phenoxy) is 2. The van der Waals surface area contributed by atoms with E-state index in [4.69, 9.17) is 5.26 Å². The Balaban J connectivity index is 0.000000269. The summed E-state index contributed by atoms with van der Waals surface area (Å²) in [5, 5.41) is 7.94. The number of carbonyl (C=O) groups is 2. The Morgan fingerprint density at radius 3 is 2.06 bits per heavy atom. The van der Waals surface area contributed by atoms with Crippen LogP contribution in [0, 0.1) is 17.2 Å². The lowest BCUT2D eigenvalue weighted by atomic mass is 9.88. The molecule has 2 unspecified atom stereocenters. The van der Waals surface area contributed by atoms with Crippen LogP contribution in [0.2, 0.25) is 0 Å². The van der Waals surface area contributed by atoms with Crippen LogP contribution in [-0.4, -0.2) is 57.8 Å². The number of nitrogens with zero attached hydrogens (tertiary/aromatic N) is 3. The molecule has 3 aromatic rings. The summed E-state index contributed by atoms with van der Waals surface area (Å²) in [5.74, 6) is -11.2. The van der Waals surface area contributed by atoms with E-state index in [1.54, 1.807) is 18.7 Å². The monoisotopic (exact) mass is 755 g/mol. The summed E-state index contributed by atoms with van der Waals surface area (Å²) in [4.78, 5) is 32.4. The van der Waals surface area contributed by atoms with E-state index >= 15 is 0 Å². The average molecular weight is 756 g/mol. The van der Waals surface area contributed by atoms with Crippen molar-refractivity contribution in [1.29, 1.82) is 5.26 Å². The van der Waals surface area contributed by atoms with E-state index in [-0.39, 0.29) is 11.8 Å². The number of fused-ring (bicyclic) bond motifs is 2. The molecule has 0 N–H and O–H groups in total. The zero-order chi connectivity index (χ0) is 38.1. The minimum absolute atomic E-state index is 0.153. The van der Waals surface area contributed by atoms with Crippen LogP contribution in [0.15, 0.2) is 80.3 Å². The predicted molar refractivity (Wildman–Crippen MR) is 174 cm³/mol. The summed E-state index contributed by atoms with van der Waals surface area (Å²) in [5.41, 5.74) is 2.85. The van der Waals surface area contributed by atoms with Crippen molar-refractivity contribution in [3.8, 4) is 6.07 Å². The molecular weight excluding hydrogens is 725 g/mol. The average Bonchev–Trinajstić information content (AvgIpc) is 3.04. The van der Waals surface area contributed by atoms with Crippen molar-refractivity contribution in [1.82, 2.24) is 0 Å². The van der Waals surface area contributed by atoms with Crippen LogP contribution < -0.4 is 15.5 Å². The molecule has 2 atom stereocenters. The molecule has 2 aliphatic heterocycles. The molecule has 0 radical (unpaired) electrons. The molecule has 0 saturated carbocycles. The maximum absolute atomic E-state index is 13.0. The molecule has 0 aliphatic carbocycles. The second-order valence-electron chi connectivity index (χ2n) is 11.9. The first-order valence-corrected chi connectivity index (χ1v) is 17.5. The van der Waals surface area contributed by atoms with Gasteiger partial charge in [-0.05, 0) is 78.9 Å². The Morgan fingerprint density at radius 1 is 0.961 bits per heavy atom. The van der Waals surface area contributed by atoms with Crippen LogP contribution in [0.25, 0.3) is 6.58 Å². The number of carbonyl (C=O) groups excluding carboxylic acids is 2. The number of hydrogen-bond donors (Lipinski definition) is 0. The van der Waals surface area contributed by atoms with Gasteiger partial charge in [0.05, 0.1) is 22.0 Å². The van der Waals surface area contributed by atoms with Gasteiger partial charge in [0.2, 0.25) is 9.84 Å². The number of nitriles is 1. The van der Waals surface area contributed by atoms with Crippen molar-refractivity contribution in [3.05, 3.63) is 76.8 Å². The van der Waals surface area contributed by atoms with Gasteiger partial charge in [-0.2, -0.15) is 31.6 Å². The van der Waals surface area contributed by atoms with Crippen molar-refractivity contribution < 1.29 is 53.8 Å². The summed E-state index contributed by atoms with van der Waals surface area (Å²) < 4.78 is 110. The second-order valence-corrected chi connectivity index (χ2v) is 15.0. The van der Waals surface area contributed by atoms with Gasteiger partial charge in [-0.15, -0.1) is 0 Å². The Morgan fingerprint density at radius 2 is 1.55 bits per heavy atom. The van der Waals surface area contributed by atoms with E-state index < -0.39 is 50.1 Å². The van der Waals surface area contributed by atoms with Crippen molar-refractivity contribution in [3.63, 3.8) is 0 Å². The lowest BCUT2D eigenvalue weighted by Gasteiger charge is -2.39. The molecule has 0 bridgehead atoms. The molecule has 0 aromatic heterocycles. The van der Waals surface area contributed by atoms with Crippen LogP contribution in [0.3, 0.4) is 0 Å². The molecular formula is C34H31F6N3O6S2.